The van der Waals surface area contributed by atoms with Gasteiger partial charge in [-0.05, 0) is 19.1 Å². The minimum atomic E-state index is -0.920. The molecule has 4 nitrogen and oxygen atoms in total. The summed E-state index contributed by atoms with van der Waals surface area (Å²) in [6, 6.07) is 0.153. The van der Waals surface area contributed by atoms with Crippen LogP contribution in [0.25, 0.3) is 0 Å². The van der Waals surface area contributed by atoms with Crippen molar-refractivity contribution in [2.45, 2.75) is 31.7 Å². The van der Waals surface area contributed by atoms with Crippen LogP contribution in [0, 0.1) is 0 Å². The Hall–Kier alpha value is -0.710. The largest absolute Gasteiger partial charge is 0.480 e. The Kier molecular flexibility index (Phi) is 4.94. The lowest BCUT2D eigenvalue weighted by Crippen LogP contribution is -2.43. The van der Waals surface area contributed by atoms with Crippen molar-refractivity contribution in [1.82, 2.24) is 4.90 Å². The fourth-order valence-corrected chi connectivity index (χ4v) is 2.40. The normalized spacial score (nSPS) is 16.6. The van der Waals surface area contributed by atoms with Gasteiger partial charge in [0.1, 0.15) is 6.54 Å². The first kappa shape index (κ1) is 12.4. The number of nitrogens with zero attached hydrogens (tertiary/aromatic N) is 1. The Morgan fingerprint density at radius 1 is 1.40 bits per heavy atom. The summed E-state index contributed by atoms with van der Waals surface area (Å²) in [7, 11) is 0. The van der Waals surface area contributed by atoms with Crippen LogP contribution >= 0.6 is 11.8 Å². The number of thioether (sulfide) groups is 1. The van der Waals surface area contributed by atoms with E-state index >= 15 is 0 Å². The number of carbonyl (C=O) groups excluding carboxylic acids is 1. The molecule has 1 fully saturated rings. The van der Waals surface area contributed by atoms with Crippen LogP contribution in [0.3, 0.4) is 0 Å². The summed E-state index contributed by atoms with van der Waals surface area (Å²) in [6.45, 7) is -0.149. The van der Waals surface area contributed by atoms with Gasteiger partial charge in [-0.15, -0.1) is 0 Å². The van der Waals surface area contributed by atoms with Crippen molar-refractivity contribution in [2.24, 2.45) is 0 Å². The molecule has 1 N–H and O–H groups in total. The molecule has 0 unspecified atom stereocenters. The molecule has 0 atom stereocenters. The van der Waals surface area contributed by atoms with Crippen molar-refractivity contribution < 1.29 is 14.7 Å². The molecule has 0 aromatic heterocycles. The van der Waals surface area contributed by atoms with E-state index in [4.69, 9.17) is 5.11 Å². The van der Waals surface area contributed by atoms with Gasteiger partial charge in [-0.2, -0.15) is 11.8 Å². The number of amides is 1. The number of hydrogen-bond acceptors (Lipinski definition) is 3. The van der Waals surface area contributed by atoms with E-state index in [1.165, 1.54) is 16.7 Å². The molecule has 0 aromatic carbocycles. The van der Waals surface area contributed by atoms with Gasteiger partial charge in [0.05, 0.1) is 5.75 Å². The summed E-state index contributed by atoms with van der Waals surface area (Å²) < 4.78 is 0. The van der Waals surface area contributed by atoms with E-state index in [1.54, 1.807) is 0 Å². The van der Waals surface area contributed by atoms with Gasteiger partial charge < -0.3 is 10.0 Å². The molecule has 1 rings (SSSR count). The summed E-state index contributed by atoms with van der Waals surface area (Å²) in [5.74, 6) is -0.586. The Labute approximate surface area is 94.0 Å². The van der Waals surface area contributed by atoms with E-state index in [0.717, 1.165) is 25.7 Å². The molecule has 5 heteroatoms. The summed E-state index contributed by atoms with van der Waals surface area (Å²) in [5.41, 5.74) is 0. The third-order valence-electron chi connectivity index (χ3n) is 2.66. The average molecular weight is 231 g/mol. The molecular formula is C10H17NO3S. The van der Waals surface area contributed by atoms with Crippen LogP contribution in [0.5, 0.6) is 0 Å². The lowest BCUT2D eigenvalue weighted by molar-refractivity contribution is -0.145. The Bertz CT molecular complexity index is 239. The van der Waals surface area contributed by atoms with Crippen LogP contribution in [0.1, 0.15) is 25.7 Å². The van der Waals surface area contributed by atoms with Gasteiger partial charge in [0, 0.05) is 6.04 Å². The zero-order chi connectivity index (χ0) is 11.3. The third-order valence-corrected chi connectivity index (χ3v) is 3.19. The molecule has 15 heavy (non-hydrogen) atoms. The molecule has 1 amide bonds. The fourth-order valence-electron chi connectivity index (χ4n) is 1.99. The summed E-state index contributed by atoms with van der Waals surface area (Å²) >= 11 is 1.44. The standard InChI is InChI=1S/C10H17NO3S/c1-15-7-9(12)11(6-10(13)14)8-4-2-3-5-8/h8H,2-7H2,1H3,(H,13,14). The van der Waals surface area contributed by atoms with Gasteiger partial charge in [0.15, 0.2) is 0 Å². The van der Waals surface area contributed by atoms with Crippen molar-refractivity contribution in [2.75, 3.05) is 18.6 Å². The molecule has 0 heterocycles. The zero-order valence-electron chi connectivity index (χ0n) is 8.94. The van der Waals surface area contributed by atoms with Gasteiger partial charge >= 0.3 is 5.97 Å². The first-order chi connectivity index (χ1) is 7.15. The maximum absolute atomic E-state index is 11.7. The minimum Gasteiger partial charge on any atom is -0.480 e. The van der Waals surface area contributed by atoms with E-state index in [0.29, 0.717) is 5.75 Å². The predicted octanol–water partition coefficient (Wildman–Crippen LogP) is 1.21. The van der Waals surface area contributed by atoms with Crippen LogP contribution in [0.15, 0.2) is 0 Å². The van der Waals surface area contributed by atoms with E-state index in [-0.39, 0.29) is 18.5 Å². The van der Waals surface area contributed by atoms with Crippen molar-refractivity contribution in [3.63, 3.8) is 0 Å². The van der Waals surface area contributed by atoms with Gasteiger partial charge in [0.25, 0.3) is 0 Å². The molecule has 0 bridgehead atoms. The summed E-state index contributed by atoms with van der Waals surface area (Å²) in [5, 5.41) is 8.76. The molecule has 1 saturated carbocycles. The number of carbonyl (C=O) groups is 2. The highest BCUT2D eigenvalue weighted by molar-refractivity contribution is 7.99. The van der Waals surface area contributed by atoms with Gasteiger partial charge in [-0.3, -0.25) is 9.59 Å². The number of aliphatic carboxylic acids is 1. The lowest BCUT2D eigenvalue weighted by Gasteiger charge is -2.27. The second-order valence-corrected chi connectivity index (χ2v) is 4.65. The average Bonchev–Trinajstić information content (AvgIpc) is 2.66. The van der Waals surface area contributed by atoms with Crippen molar-refractivity contribution in [3.8, 4) is 0 Å². The smallest absolute Gasteiger partial charge is 0.323 e. The highest BCUT2D eigenvalue weighted by Crippen LogP contribution is 2.23. The molecule has 0 radical (unpaired) electrons. The van der Waals surface area contributed by atoms with E-state index < -0.39 is 5.97 Å². The molecule has 0 spiro atoms. The second kappa shape index (κ2) is 6.00. The van der Waals surface area contributed by atoms with Crippen molar-refractivity contribution >= 4 is 23.6 Å². The lowest BCUT2D eigenvalue weighted by atomic mass is 10.2. The molecule has 1 aliphatic carbocycles. The van der Waals surface area contributed by atoms with Gasteiger partial charge in [0.2, 0.25) is 5.91 Å². The van der Waals surface area contributed by atoms with Crippen LogP contribution in [0.2, 0.25) is 0 Å². The first-order valence-electron chi connectivity index (χ1n) is 5.15. The third kappa shape index (κ3) is 3.74. The van der Waals surface area contributed by atoms with Gasteiger partial charge in [-0.25, -0.2) is 0 Å². The maximum atomic E-state index is 11.7. The molecule has 0 saturated heterocycles. The summed E-state index contributed by atoms with van der Waals surface area (Å²) in [6.07, 6.45) is 5.97. The Morgan fingerprint density at radius 2 is 2.00 bits per heavy atom. The van der Waals surface area contributed by atoms with Crippen LogP contribution in [-0.4, -0.2) is 46.5 Å². The first-order valence-corrected chi connectivity index (χ1v) is 6.54. The van der Waals surface area contributed by atoms with Crippen LogP contribution in [0.4, 0.5) is 0 Å². The highest BCUT2D eigenvalue weighted by atomic mass is 32.2. The van der Waals surface area contributed by atoms with E-state index in [2.05, 4.69) is 0 Å². The summed E-state index contributed by atoms with van der Waals surface area (Å²) in [4.78, 5) is 23.9. The number of rotatable bonds is 5. The maximum Gasteiger partial charge on any atom is 0.323 e. The van der Waals surface area contributed by atoms with Crippen molar-refractivity contribution in [1.29, 1.82) is 0 Å². The Balaban J connectivity index is 2.58. The molecular weight excluding hydrogens is 214 g/mol. The molecule has 86 valence electrons. The van der Waals surface area contributed by atoms with Crippen LogP contribution in [-0.2, 0) is 9.59 Å². The molecule has 0 aromatic rings. The molecule has 1 aliphatic rings. The second-order valence-electron chi connectivity index (χ2n) is 3.79. The minimum absolute atomic E-state index is 0.0446. The number of carboxylic acids is 1. The topological polar surface area (TPSA) is 57.6 Å². The number of hydrogen-bond donors (Lipinski definition) is 1. The molecule has 0 aliphatic heterocycles. The number of carboxylic acid groups (broad SMARTS) is 1. The van der Waals surface area contributed by atoms with Gasteiger partial charge in [-0.1, -0.05) is 12.8 Å². The predicted molar refractivity (Wildman–Crippen MR) is 60.0 cm³/mol. The fraction of sp³-hybridized carbons (Fsp3) is 0.800. The quantitative estimate of drug-likeness (QED) is 0.772. The van der Waals surface area contributed by atoms with Crippen LogP contribution < -0.4 is 0 Å². The zero-order valence-corrected chi connectivity index (χ0v) is 9.76. The van der Waals surface area contributed by atoms with E-state index in [9.17, 15) is 9.59 Å². The SMILES string of the molecule is CSCC(=O)N(CC(=O)O)C1CCCC1. The van der Waals surface area contributed by atoms with Crippen molar-refractivity contribution in [3.05, 3.63) is 0 Å². The Morgan fingerprint density at radius 3 is 2.47 bits per heavy atom. The highest BCUT2D eigenvalue weighted by Gasteiger charge is 2.27. The monoisotopic (exact) mass is 231 g/mol. The van der Waals surface area contributed by atoms with E-state index in [1.807, 2.05) is 6.26 Å².